The van der Waals surface area contributed by atoms with Gasteiger partial charge in [-0.1, -0.05) is 6.92 Å². The van der Waals surface area contributed by atoms with E-state index in [1.165, 1.54) is 11.1 Å². The lowest BCUT2D eigenvalue weighted by atomic mass is 9.93. The molecule has 6 nitrogen and oxygen atoms in total. The van der Waals surface area contributed by atoms with Crippen LogP contribution >= 0.6 is 0 Å². The predicted octanol–water partition coefficient (Wildman–Crippen LogP) is 2.36. The monoisotopic (exact) mass is 342 g/mol. The maximum atomic E-state index is 6.19. The SMILES string of the molecule is CCc1cnc(N2CCO[C@H]3CN(Cc4ccoc4)CC[C@H]3C2)nc1. The molecule has 0 unspecified atom stereocenters. The summed E-state index contributed by atoms with van der Waals surface area (Å²) < 4.78 is 11.4. The first kappa shape index (κ1) is 16.5. The molecule has 0 N–H and O–H groups in total. The van der Waals surface area contributed by atoms with Crippen molar-refractivity contribution in [2.75, 3.05) is 37.7 Å². The lowest BCUT2D eigenvalue weighted by molar-refractivity contribution is -0.0239. The standard InChI is InChI=1S/C19H26N4O2/c1-2-15-9-20-19(21-10-15)23-6-8-25-18-13-22(5-3-17(18)12-23)11-16-4-7-24-14-16/h4,7,9-10,14,17-18H,2-3,5-6,8,11-13H2,1H3/t17-,18-/m0/s1. The van der Waals surface area contributed by atoms with E-state index in [9.17, 15) is 0 Å². The van der Waals surface area contributed by atoms with E-state index in [1.54, 1.807) is 6.26 Å². The maximum absolute atomic E-state index is 6.19. The van der Waals surface area contributed by atoms with Gasteiger partial charge in [0.25, 0.3) is 0 Å². The van der Waals surface area contributed by atoms with Crippen LogP contribution in [0.25, 0.3) is 0 Å². The summed E-state index contributed by atoms with van der Waals surface area (Å²) in [4.78, 5) is 13.9. The number of piperidine rings is 1. The summed E-state index contributed by atoms with van der Waals surface area (Å²) >= 11 is 0. The molecule has 0 spiro atoms. The largest absolute Gasteiger partial charge is 0.472 e. The number of hydrogen-bond donors (Lipinski definition) is 0. The van der Waals surface area contributed by atoms with Crippen LogP contribution in [-0.2, 0) is 17.7 Å². The molecule has 2 aromatic heterocycles. The Morgan fingerprint density at radius 2 is 2.04 bits per heavy atom. The zero-order valence-electron chi connectivity index (χ0n) is 14.8. The van der Waals surface area contributed by atoms with Gasteiger partial charge >= 0.3 is 0 Å². The van der Waals surface area contributed by atoms with Crippen LogP contribution in [0.5, 0.6) is 0 Å². The number of rotatable bonds is 4. The van der Waals surface area contributed by atoms with E-state index in [-0.39, 0.29) is 0 Å². The molecule has 2 aromatic rings. The first-order valence-corrected chi connectivity index (χ1v) is 9.22. The van der Waals surface area contributed by atoms with Crippen LogP contribution in [0.2, 0.25) is 0 Å². The van der Waals surface area contributed by atoms with Crippen molar-refractivity contribution in [3.05, 3.63) is 42.1 Å². The molecule has 2 aliphatic rings. The molecule has 0 aromatic carbocycles. The van der Waals surface area contributed by atoms with Gasteiger partial charge in [0.2, 0.25) is 5.95 Å². The third-order valence-electron chi connectivity index (χ3n) is 5.30. The lowest BCUT2D eigenvalue weighted by Gasteiger charge is -2.37. The van der Waals surface area contributed by atoms with E-state index in [0.29, 0.717) is 12.0 Å². The van der Waals surface area contributed by atoms with Crippen LogP contribution in [-0.4, -0.2) is 53.8 Å². The minimum absolute atomic E-state index is 0.292. The predicted molar refractivity (Wildman–Crippen MR) is 95.5 cm³/mol. The number of fused-ring (bicyclic) bond motifs is 1. The van der Waals surface area contributed by atoms with Gasteiger partial charge in [-0.25, -0.2) is 9.97 Å². The van der Waals surface area contributed by atoms with Crippen molar-refractivity contribution in [2.24, 2.45) is 5.92 Å². The molecule has 134 valence electrons. The number of aryl methyl sites for hydroxylation is 1. The highest BCUT2D eigenvalue weighted by atomic mass is 16.5. The van der Waals surface area contributed by atoms with Gasteiger partial charge in [-0.3, -0.25) is 4.90 Å². The Morgan fingerprint density at radius 1 is 1.16 bits per heavy atom. The molecule has 25 heavy (non-hydrogen) atoms. The van der Waals surface area contributed by atoms with Crippen molar-refractivity contribution in [1.29, 1.82) is 0 Å². The fourth-order valence-corrected chi connectivity index (χ4v) is 3.78. The summed E-state index contributed by atoms with van der Waals surface area (Å²) in [5.41, 5.74) is 2.42. The number of furan rings is 1. The summed E-state index contributed by atoms with van der Waals surface area (Å²) in [5.74, 6) is 1.37. The van der Waals surface area contributed by atoms with Crippen molar-refractivity contribution in [2.45, 2.75) is 32.4 Å². The highest BCUT2D eigenvalue weighted by Crippen LogP contribution is 2.26. The second-order valence-corrected chi connectivity index (χ2v) is 7.02. The topological polar surface area (TPSA) is 54.6 Å². The van der Waals surface area contributed by atoms with Crippen LogP contribution in [0.1, 0.15) is 24.5 Å². The Hall–Kier alpha value is -1.92. The van der Waals surface area contributed by atoms with E-state index in [1.807, 2.05) is 24.7 Å². The van der Waals surface area contributed by atoms with Gasteiger partial charge in [0, 0.05) is 50.1 Å². The first-order valence-electron chi connectivity index (χ1n) is 9.22. The second-order valence-electron chi connectivity index (χ2n) is 7.02. The zero-order valence-corrected chi connectivity index (χ0v) is 14.8. The van der Waals surface area contributed by atoms with Crippen molar-refractivity contribution in [1.82, 2.24) is 14.9 Å². The Bertz CT molecular complexity index is 659. The molecule has 0 aliphatic carbocycles. The average molecular weight is 342 g/mol. The summed E-state index contributed by atoms with van der Waals surface area (Å²) in [6.07, 6.45) is 9.87. The zero-order chi connectivity index (χ0) is 17.1. The molecule has 0 radical (unpaired) electrons. The van der Waals surface area contributed by atoms with Gasteiger partial charge in [0.1, 0.15) is 0 Å². The molecule has 0 amide bonds. The first-order chi connectivity index (χ1) is 12.3. The molecule has 2 atom stereocenters. The highest BCUT2D eigenvalue weighted by Gasteiger charge is 2.34. The Balaban J connectivity index is 1.39. The number of anilines is 1. The Labute approximate surface area is 148 Å². The number of likely N-dealkylation sites (tertiary alicyclic amines) is 1. The minimum Gasteiger partial charge on any atom is -0.472 e. The third-order valence-corrected chi connectivity index (χ3v) is 5.30. The number of ether oxygens (including phenoxy) is 1. The van der Waals surface area contributed by atoms with Gasteiger partial charge in [0.05, 0.1) is 25.2 Å². The molecule has 0 saturated carbocycles. The quantitative estimate of drug-likeness (QED) is 0.850. The van der Waals surface area contributed by atoms with Crippen LogP contribution in [0.3, 0.4) is 0 Å². The normalized spacial score (nSPS) is 24.8. The van der Waals surface area contributed by atoms with Gasteiger partial charge < -0.3 is 14.1 Å². The number of aromatic nitrogens is 2. The maximum Gasteiger partial charge on any atom is 0.225 e. The van der Waals surface area contributed by atoms with E-state index >= 15 is 0 Å². The van der Waals surface area contributed by atoms with Crippen LogP contribution < -0.4 is 4.90 Å². The molecule has 2 saturated heterocycles. The molecule has 4 rings (SSSR count). The summed E-state index contributed by atoms with van der Waals surface area (Å²) in [6, 6.07) is 2.04. The molecule has 2 aliphatic heterocycles. The third kappa shape index (κ3) is 3.85. The van der Waals surface area contributed by atoms with Crippen molar-refractivity contribution >= 4 is 5.95 Å². The second kappa shape index (κ2) is 7.54. The van der Waals surface area contributed by atoms with E-state index in [4.69, 9.17) is 9.15 Å². The van der Waals surface area contributed by atoms with Crippen LogP contribution in [0.15, 0.2) is 35.4 Å². The Morgan fingerprint density at radius 3 is 2.80 bits per heavy atom. The van der Waals surface area contributed by atoms with E-state index in [0.717, 1.165) is 58.1 Å². The molecule has 6 heteroatoms. The van der Waals surface area contributed by atoms with Gasteiger partial charge in [-0.05, 0) is 31.0 Å². The van der Waals surface area contributed by atoms with Crippen molar-refractivity contribution in [3.8, 4) is 0 Å². The summed E-state index contributed by atoms with van der Waals surface area (Å²) in [5, 5.41) is 0. The fraction of sp³-hybridized carbons (Fsp3) is 0.579. The van der Waals surface area contributed by atoms with Crippen molar-refractivity contribution < 1.29 is 9.15 Å². The highest BCUT2D eigenvalue weighted by molar-refractivity contribution is 5.30. The molecular weight excluding hydrogens is 316 g/mol. The van der Waals surface area contributed by atoms with Gasteiger partial charge in [0.15, 0.2) is 0 Å². The fourth-order valence-electron chi connectivity index (χ4n) is 3.78. The molecule has 4 heterocycles. The number of nitrogens with zero attached hydrogens (tertiary/aromatic N) is 4. The summed E-state index contributed by atoms with van der Waals surface area (Å²) in [7, 11) is 0. The summed E-state index contributed by atoms with van der Waals surface area (Å²) in [6.45, 7) is 7.72. The smallest absolute Gasteiger partial charge is 0.225 e. The van der Waals surface area contributed by atoms with Crippen molar-refractivity contribution in [3.63, 3.8) is 0 Å². The molecular formula is C19H26N4O2. The average Bonchev–Trinajstić information content (AvgIpc) is 3.06. The van der Waals surface area contributed by atoms with Crippen LogP contribution in [0, 0.1) is 5.92 Å². The minimum atomic E-state index is 0.292. The van der Waals surface area contributed by atoms with E-state index in [2.05, 4.69) is 26.7 Å². The van der Waals surface area contributed by atoms with Gasteiger partial charge in [-0.15, -0.1) is 0 Å². The van der Waals surface area contributed by atoms with Crippen LogP contribution in [0.4, 0.5) is 5.95 Å². The molecule has 2 fully saturated rings. The number of hydrogen-bond acceptors (Lipinski definition) is 6. The Kier molecular flexibility index (Phi) is 4.99. The lowest BCUT2D eigenvalue weighted by Crippen LogP contribution is -2.46. The van der Waals surface area contributed by atoms with E-state index < -0.39 is 0 Å². The molecule has 0 bridgehead atoms. The van der Waals surface area contributed by atoms with Gasteiger partial charge in [-0.2, -0.15) is 0 Å².